The lowest BCUT2D eigenvalue weighted by Gasteiger charge is -2.29. The number of thiocarbonyl (C=S) groups is 1. The van der Waals surface area contributed by atoms with Crippen LogP contribution in [0, 0.1) is 0 Å². The summed E-state index contributed by atoms with van der Waals surface area (Å²) in [5, 5.41) is 6.79. The first kappa shape index (κ1) is 27.8. The zero-order chi connectivity index (χ0) is 28.9. The SMILES string of the molecule is COCC(=O)Nc1cc(N2C(=S)N[C@@H](c3ccccn3)[C@H]2c2cccn2-c2cccc(C(=O)OC)c2)ccc1OC. The highest BCUT2D eigenvalue weighted by atomic mass is 32.1. The van der Waals surface area contributed by atoms with Gasteiger partial charge >= 0.3 is 5.97 Å². The quantitative estimate of drug-likeness (QED) is 0.223. The molecule has 41 heavy (non-hydrogen) atoms. The average Bonchev–Trinajstić information content (AvgIpc) is 3.61. The molecule has 3 heterocycles. The number of pyridine rings is 1. The highest BCUT2D eigenvalue weighted by Crippen LogP contribution is 2.43. The molecule has 1 aliphatic rings. The average molecular weight is 572 g/mol. The van der Waals surface area contributed by atoms with Gasteiger partial charge in [-0.1, -0.05) is 12.1 Å². The monoisotopic (exact) mass is 571 g/mol. The van der Waals surface area contributed by atoms with Crippen LogP contribution in [-0.2, 0) is 14.3 Å². The molecule has 0 saturated carbocycles. The third-order valence-electron chi connectivity index (χ3n) is 6.74. The van der Waals surface area contributed by atoms with Crippen molar-refractivity contribution < 1.29 is 23.8 Å². The van der Waals surface area contributed by atoms with E-state index in [2.05, 4.69) is 15.6 Å². The molecule has 1 amide bonds. The first-order valence-corrected chi connectivity index (χ1v) is 13.2. The van der Waals surface area contributed by atoms with Crippen LogP contribution in [0.4, 0.5) is 11.4 Å². The Morgan fingerprint density at radius 1 is 1.00 bits per heavy atom. The Hall–Kier alpha value is -4.74. The van der Waals surface area contributed by atoms with Crippen LogP contribution in [0.15, 0.2) is 85.2 Å². The van der Waals surface area contributed by atoms with Crippen molar-refractivity contribution in [2.75, 3.05) is 38.2 Å². The normalized spacial score (nSPS) is 16.3. The highest BCUT2D eigenvalue weighted by Gasteiger charge is 2.42. The van der Waals surface area contributed by atoms with E-state index in [0.29, 0.717) is 22.1 Å². The van der Waals surface area contributed by atoms with E-state index in [1.807, 2.05) is 70.3 Å². The van der Waals surface area contributed by atoms with Crippen molar-refractivity contribution in [1.82, 2.24) is 14.9 Å². The number of amides is 1. The molecule has 210 valence electrons. The van der Waals surface area contributed by atoms with Gasteiger partial charge in [-0.15, -0.1) is 0 Å². The second-order valence-electron chi connectivity index (χ2n) is 9.21. The molecule has 0 radical (unpaired) electrons. The van der Waals surface area contributed by atoms with Gasteiger partial charge in [0.05, 0.1) is 37.2 Å². The lowest BCUT2D eigenvalue weighted by atomic mass is 10.0. The molecule has 5 rings (SSSR count). The Kier molecular flexibility index (Phi) is 8.27. The van der Waals surface area contributed by atoms with E-state index in [-0.39, 0.29) is 24.6 Å². The summed E-state index contributed by atoms with van der Waals surface area (Å²) in [7, 11) is 4.36. The van der Waals surface area contributed by atoms with Crippen LogP contribution in [0.5, 0.6) is 5.75 Å². The zero-order valence-electron chi connectivity index (χ0n) is 22.7. The number of anilines is 2. The van der Waals surface area contributed by atoms with Gasteiger partial charge in [-0.3, -0.25) is 9.78 Å². The number of methoxy groups -OCH3 is 3. The number of carbonyl (C=O) groups is 2. The van der Waals surface area contributed by atoms with Crippen molar-refractivity contribution in [1.29, 1.82) is 0 Å². The Balaban J connectivity index is 1.63. The van der Waals surface area contributed by atoms with Gasteiger partial charge in [0.25, 0.3) is 0 Å². The maximum Gasteiger partial charge on any atom is 0.337 e. The van der Waals surface area contributed by atoms with Gasteiger partial charge in [0.15, 0.2) is 5.11 Å². The van der Waals surface area contributed by atoms with E-state index >= 15 is 0 Å². The van der Waals surface area contributed by atoms with Crippen LogP contribution in [0.1, 0.15) is 33.8 Å². The summed E-state index contributed by atoms with van der Waals surface area (Å²) >= 11 is 5.89. The first-order chi connectivity index (χ1) is 19.9. The van der Waals surface area contributed by atoms with Crippen LogP contribution in [0.3, 0.4) is 0 Å². The van der Waals surface area contributed by atoms with Gasteiger partial charge in [-0.2, -0.15) is 0 Å². The summed E-state index contributed by atoms with van der Waals surface area (Å²) in [6, 6.07) is 21.8. The lowest BCUT2D eigenvalue weighted by Crippen LogP contribution is -2.30. The first-order valence-electron chi connectivity index (χ1n) is 12.8. The number of rotatable bonds is 9. The van der Waals surface area contributed by atoms with Crippen molar-refractivity contribution in [3.63, 3.8) is 0 Å². The number of nitrogens with one attached hydrogen (secondary N) is 2. The Labute approximate surface area is 242 Å². The van der Waals surface area contributed by atoms with E-state index in [4.69, 9.17) is 26.4 Å². The summed E-state index contributed by atoms with van der Waals surface area (Å²) < 4.78 is 17.4. The molecule has 2 N–H and O–H groups in total. The molecule has 1 aliphatic heterocycles. The molecular formula is C30H29N5O5S. The number of hydrogen-bond acceptors (Lipinski definition) is 7. The number of ether oxygens (including phenoxy) is 3. The summed E-state index contributed by atoms with van der Waals surface area (Å²) in [6.07, 6.45) is 3.68. The van der Waals surface area contributed by atoms with Crippen LogP contribution in [-0.4, -0.2) is 54.5 Å². The van der Waals surface area contributed by atoms with E-state index in [0.717, 1.165) is 22.8 Å². The zero-order valence-corrected chi connectivity index (χ0v) is 23.6. The number of carbonyl (C=O) groups excluding carboxylic acids is 2. The van der Waals surface area contributed by atoms with Crippen molar-refractivity contribution in [2.24, 2.45) is 0 Å². The Bertz CT molecular complexity index is 1570. The minimum absolute atomic E-state index is 0.0976. The van der Waals surface area contributed by atoms with Gasteiger partial charge in [0.1, 0.15) is 18.4 Å². The third kappa shape index (κ3) is 5.63. The number of nitrogens with zero attached hydrogens (tertiary/aromatic N) is 3. The van der Waals surface area contributed by atoms with E-state index in [1.165, 1.54) is 21.3 Å². The van der Waals surface area contributed by atoms with Crippen molar-refractivity contribution in [3.05, 3.63) is 102 Å². The smallest absolute Gasteiger partial charge is 0.337 e. The minimum Gasteiger partial charge on any atom is -0.495 e. The van der Waals surface area contributed by atoms with Crippen molar-refractivity contribution >= 4 is 40.6 Å². The second kappa shape index (κ2) is 12.2. The molecule has 2 atom stereocenters. The van der Waals surface area contributed by atoms with Gasteiger partial charge in [-0.25, -0.2) is 4.79 Å². The minimum atomic E-state index is -0.418. The fourth-order valence-electron chi connectivity index (χ4n) is 4.97. The molecule has 4 aromatic rings. The fraction of sp³-hybridized carbons (Fsp3) is 0.200. The molecule has 2 aromatic heterocycles. The van der Waals surface area contributed by atoms with Gasteiger partial charge < -0.3 is 34.3 Å². The van der Waals surface area contributed by atoms with Gasteiger partial charge in [0, 0.05) is 36.6 Å². The van der Waals surface area contributed by atoms with E-state index in [1.54, 1.807) is 24.4 Å². The van der Waals surface area contributed by atoms with Gasteiger partial charge in [0.2, 0.25) is 5.91 Å². The molecule has 0 spiro atoms. The maximum atomic E-state index is 12.4. The standard InChI is InChI=1S/C30H29N5O5S/c1-38-18-26(36)32-23-17-21(12-13-25(23)39-2)35-28(27(33-30(35)41)22-10-4-5-14-31-22)24-11-7-15-34(24)20-9-6-8-19(16-20)29(37)40-3/h4-17,27-28H,18H2,1-3H3,(H,32,36)(H,33,41)/t27-,28+/m0/s1. The predicted molar refractivity (Wildman–Crippen MR) is 159 cm³/mol. The van der Waals surface area contributed by atoms with Crippen LogP contribution in [0.2, 0.25) is 0 Å². The van der Waals surface area contributed by atoms with Crippen LogP contribution in [0.25, 0.3) is 5.69 Å². The number of esters is 1. The summed E-state index contributed by atoms with van der Waals surface area (Å²) in [5.41, 5.74) is 4.14. The highest BCUT2D eigenvalue weighted by molar-refractivity contribution is 7.80. The molecule has 2 aromatic carbocycles. The van der Waals surface area contributed by atoms with Gasteiger partial charge in [-0.05, 0) is 72.9 Å². The summed E-state index contributed by atoms with van der Waals surface area (Å²) in [5.74, 6) is -0.233. The molecule has 0 bridgehead atoms. The summed E-state index contributed by atoms with van der Waals surface area (Å²) in [6.45, 7) is -0.0976. The molecule has 1 saturated heterocycles. The Morgan fingerprint density at radius 3 is 2.59 bits per heavy atom. The molecular weight excluding hydrogens is 542 g/mol. The predicted octanol–water partition coefficient (Wildman–Crippen LogP) is 4.43. The van der Waals surface area contributed by atoms with E-state index in [9.17, 15) is 9.59 Å². The Morgan fingerprint density at radius 2 is 1.85 bits per heavy atom. The third-order valence-corrected chi connectivity index (χ3v) is 7.05. The van der Waals surface area contributed by atoms with Crippen molar-refractivity contribution in [3.8, 4) is 11.4 Å². The van der Waals surface area contributed by atoms with Crippen LogP contribution < -0.4 is 20.3 Å². The summed E-state index contributed by atoms with van der Waals surface area (Å²) in [4.78, 5) is 31.3. The topological polar surface area (TPSA) is 107 Å². The molecule has 11 heteroatoms. The van der Waals surface area contributed by atoms with Crippen molar-refractivity contribution in [2.45, 2.75) is 12.1 Å². The second-order valence-corrected chi connectivity index (χ2v) is 9.59. The largest absolute Gasteiger partial charge is 0.495 e. The molecule has 10 nitrogen and oxygen atoms in total. The number of hydrogen-bond donors (Lipinski definition) is 2. The maximum absolute atomic E-state index is 12.4. The number of aromatic nitrogens is 2. The lowest BCUT2D eigenvalue weighted by molar-refractivity contribution is -0.119. The molecule has 1 fully saturated rings. The fourth-order valence-corrected chi connectivity index (χ4v) is 5.31. The molecule has 0 aliphatic carbocycles. The number of benzene rings is 2. The van der Waals surface area contributed by atoms with E-state index < -0.39 is 5.97 Å². The van der Waals surface area contributed by atoms with Crippen LogP contribution >= 0.6 is 12.2 Å². The molecule has 0 unspecified atom stereocenters.